The van der Waals surface area contributed by atoms with Crippen LogP contribution in [0.4, 0.5) is 0 Å². The smallest absolute Gasteiger partial charge is 0.192 e. The molecule has 1 aromatic carbocycles. The van der Waals surface area contributed by atoms with Gasteiger partial charge in [-0.2, -0.15) is 0 Å². The highest BCUT2D eigenvalue weighted by atomic mass is 28.4. The summed E-state index contributed by atoms with van der Waals surface area (Å²) in [4.78, 5) is 0. The lowest BCUT2D eigenvalue weighted by Crippen LogP contribution is -2.46. The Morgan fingerprint density at radius 1 is 0.867 bits per heavy atom. The van der Waals surface area contributed by atoms with Crippen molar-refractivity contribution in [2.24, 2.45) is 5.92 Å². The van der Waals surface area contributed by atoms with Gasteiger partial charge in [0.1, 0.15) is 0 Å². The van der Waals surface area contributed by atoms with Gasteiger partial charge in [0.15, 0.2) is 16.6 Å². The fourth-order valence-corrected chi connectivity index (χ4v) is 5.50. The van der Waals surface area contributed by atoms with Crippen molar-refractivity contribution >= 4 is 16.6 Å². The molecule has 0 amide bonds. The lowest BCUT2D eigenvalue weighted by Gasteiger charge is -2.42. The molecule has 0 bridgehead atoms. The van der Waals surface area contributed by atoms with Gasteiger partial charge in [-0.3, -0.25) is 0 Å². The molecule has 1 unspecified atom stereocenters. The van der Waals surface area contributed by atoms with E-state index in [2.05, 4.69) is 74.7 Å². The summed E-state index contributed by atoms with van der Waals surface area (Å²) in [7, 11) is -3.68. The highest BCUT2D eigenvalue weighted by molar-refractivity contribution is 6.74. The van der Waals surface area contributed by atoms with E-state index in [-0.39, 0.29) is 22.1 Å². The standard InChI is InChI=1S/C25H48O3Si2/c1-20(23(26)21-16-13-12-14-17-21)22(28-30(10,11)25(5,6)7)18-15-19-27-29(8,9)24(2,3)4/h12-14,16-17,20,22-23,26H,15,18-19H2,1-11H3/t20-,22+,23?/m0/s1. The fourth-order valence-electron chi connectivity index (χ4n) is 2.97. The summed E-state index contributed by atoms with van der Waals surface area (Å²) < 4.78 is 13.2. The Labute approximate surface area is 188 Å². The molecule has 0 radical (unpaired) electrons. The van der Waals surface area contributed by atoms with E-state index in [1.54, 1.807) is 0 Å². The van der Waals surface area contributed by atoms with Gasteiger partial charge in [-0.25, -0.2) is 0 Å². The van der Waals surface area contributed by atoms with Crippen molar-refractivity contribution in [1.82, 2.24) is 0 Å². The third-order valence-electron chi connectivity index (χ3n) is 7.38. The van der Waals surface area contributed by atoms with Gasteiger partial charge < -0.3 is 14.0 Å². The number of benzene rings is 1. The molecule has 0 aliphatic carbocycles. The summed E-state index contributed by atoms with van der Waals surface area (Å²) in [6.45, 7) is 25.8. The maximum absolute atomic E-state index is 11.1. The highest BCUT2D eigenvalue weighted by Gasteiger charge is 2.41. The van der Waals surface area contributed by atoms with Crippen LogP contribution in [0.15, 0.2) is 30.3 Å². The van der Waals surface area contributed by atoms with E-state index >= 15 is 0 Å². The zero-order chi connectivity index (χ0) is 23.4. The molecular weight excluding hydrogens is 404 g/mol. The minimum Gasteiger partial charge on any atom is -0.417 e. The molecule has 174 valence electrons. The second-order valence-electron chi connectivity index (χ2n) is 11.9. The second kappa shape index (κ2) is 10.4. The number of hydrogen-bond donors (Lipinski definition) is 1. The van der Waals surface area contributed by atoms with Crippen LogP contribution in [0.3, 0.4) is 0 Å². The predicted octanol–water partition coefficient (Wildman–Crippen LogP) is 7.55. The molecule has 3 atom stereocenters. The Bertz CT molecular complexity index is 630. The van der Waals surface area contributed by atoms with Crippen molar-refractivity contribution in [3.8, 4) is 0 Å². The number of hydrogen-bond acceptors (Lipinski definition) is 3. The first-order valence-corrected chi connectivity index (χ1v) is 17.4. The topological polar surface area (TPSA) is 38.7 Å². The van der Waals surface area contributed by atoms with Crippen LogP contribution in [0.25, 0.3) is 0 Å². The lowest BCUT2D eigenvalue weighted by atomic mass is 9.90. The van der Waals surface area contributed by atoms with Crippen LogP contribution in [0, 0.1) is 5.92 Å². The minimum atomic E-state index is -1.95. The summed E-state index contributed by atoms with van der Waals surface area (Å²) in [6, 6.07) is 9.98. The molecule has 0 aliphatic rings. The molecule has 0 saturated carbocycles. The molecule has 0 aliphatic heterocycles. The molecule has 1 rings (SSSR count). The van der Waals surface area contributed by atoms with Crippen molar-refractivity contribution in [3.63, 3.8) is 0 Å². The molecule has 0 aromatic heterocycles. The van der Waals surface area contributed by atoms with Crippen molar-refractivity contribution in [2.75, 3.05) is 6.61 Å². The van der Waals surface area contributed by atoms with Crippen LogP contribution in [-0.4, -0.2) is 34.5 Å². The van der Waals surface area contributed by atoms with Gasteiger partial charge in [-0.05, 0) is 54.7 Å². The normalized spacial score (nSPS) is 16.9. The third-order valence-corrected chi connectivity index (χ3v) is 16.4. The molecular formula is C25H48O3Si2. The van der Waals surface area contributed by atoms with Gasteiger partial charge in [0.05, 0.1) is 12.2 Å². The molecule has 0 heterocycles. The average Bonchev–Trinajstić information content (AvgIpc) is 2.61. The SMILES string of the molecule is C[C@H](C(O)c1ccccc1)[C@@H](CCCO[Si](C)(C)C(C)(C)C)O[Si](C)(C)C(C)(C)C. The number of aliphatic hydroxyl groups excluding tert-OH is 1. The Hall–Kier alpha value is -0.466. The van der Waals surface area contributed by atoms with E-state index in [1.165, 1.54) is 0 Å². The molecule has 1 aromatic rings. The van der Waals surface area contributed by atoms with Gasteiger partial charge in [0.2, 0.25) is 0 Å². The Balaban J connectivity index is 2.90. The molecule has 5 heteroatoms. The highest BCUT2D eigenvalue weighted by Crippen LogP contribution is 2.40. The van der Waals surface area contributed by atoms with Gasteiger partial charge in [0.25, 0.3) is 0 Å². The van der Waals surface area contributed by atoms with Crippen LogP contribution < -0.4 is 0 Å². The largest absolute Gasteiger partial charge is 0.417 e. The molecule has 0 fully saturated rings. The summed E-state index contributed by atoms with van der Waals surface area (Å²) in [5.41, 5.74) is 0.964. The van der Waals surface area contributed by atoms with Crippen LogP contribution in [0.1, 0.15) is 73.0 Å². The van der Waals surface area contributed by atoms with E-state index < -0.39 is 22.7 Å². The Morgan fingerprint density at radius 3 is 1.83 bits per heavy atom. The molecule has 0 spiro atoms. The number of rotatable bonds is 10. The molecule has 1 N–H and O–H groups in total. The first-order valence-electron chi connectivity index (χ1n) is 11.5. The second-order valence-corrected chi connectivity index (χ2v) is 21.4. The Morgan fingerprint density at radius 2 is 1.37 bits per heavy atom. The van der Waals surface area contributed by atoms with Crippen LogP contribution in [-0.2, 0) is 8.85 Å². The van der Waals surface area contributed by atoms with Crippen molar-refractivity contribution in [3.05, 3.63) is 35.9 Å². The number of aliphatic hydroxyl groups is 1. The van der Waals surface area contributed by atoms with E-state index in [4.69, 9.17) is 8.85 Å². The van der Waals surface area contributed by atoms with E-state index in [0.29, 0.717) is 0 Å². The minimum absolute atomic E-state index is 0.0177. The summed E-state index contributed by atoms with van der Waals surface area (Å²) in [5, 5.41) is 11.4. The fraction of sp³-hybridized carbons (Fsp3) is 0.760. The molecule has 3 nitrogen and oxygen atoms in total. The van der Waals surface area contributed by atoms with E-state index in [0.717, 1.165) is 25.0 Å². The Kier molecular flexibility index (Phi) is 9.59. The van der Waals surface area contributed by atoms with Crippen LogP contribution in [0.2, 0.25) is 36.3 Å². The zero-order valence-electron chi connectivity index (χ0n) is 21.5. The third kappa shape index (κ3) is 7.59. The van der Waals surface area contributed by atoms with Crippen molar-refractivity contribution in [2.45, 2.75) is 110 Å². The quantitative estimate of drug-likeness (QED) is 0.294. The van der Waals surface area contributed by atoms with Gasteiger partial charge >= 0.3 is 0 Å². The van der Waals surface area contributed by atoms with Gasteiger partial charge in [-0.15, -0.1) is 0 Å². The van der Waals surface area contributed by atoms with Crippen molar-refractivity contribution < 1.29 is 14.0 Å². The average molecular weight is 453 g/mol. The maximum atomic E-state index is 11.1. The summed E-state index contributed by atoms with van der Waals surface area (Å²) >= 11 is 0. The van der Waals surface area contributed by atoms with Crippen LogP contribution in [0.5, 0.6) is 0 Å². The van der Waals surface area contributed by atoms with Crippen LogP contribution >= 0.6 is 0 Å². The summed E-state index contributed by atoms with van der Waals surface area (Å²) in [5.74, 6) is 0.0226. The molecule has 0 saturated heterocycles. The maximum Gasteiger partial charge on any atom is 0.192 e. The van der Waals surface area contributed by atoms with Gasteiger partial charge in [-0.1, -0.05) is 78.8 Å². The first kappa shape index (κ1) is 27.6. The monoisotopic (exact) mass is 452 g/mol. The zero-order valence-corrected chi connectivity index (χ0v) is 23.5. The van der Waals surface area contributed by atoms with E-state index in [1.807, 2.05) is 30.3 Å². The summed E-state index contributed by atoms with van der Waals surface area (Å²) in [6.07, 6.45) is 1.36. The lowest BCUT2D eigenvalue weighted by molar-refractivity contribution is 0.0204. The molecule has 30 heavy (non-hydrogen) atoms. The first-order chi connectivity index (χ1) is 13.5. The van der Waals surface area contributed by atoms with Gasteiger partial charge in [0, 0.05) is 12.5 Å². The van der Waals surface area contributed by atoms with Crippen molar-refractivity contribution in [1.29, 1.82) is 0 Å². The van der Waals surface area contributed by atoms with E-state index in [9.17, 15) is 5.11 Å². The predicted molar refractivity (Wildman–Crippen MR) is 135 cm³/mol.